The van der Waals surface area contributed by atoms with E-state index in [9.17, 15) is 8.42 Å². The molecule has 0 spiro atoms. The first kappa shape index (κ1) is 19.2. The van der Waals surface area contributed by atoms with Gasteiger partial charge in [0.1, 0.15) is 0 Å². The molecule has 4 nitrogen and oxygen atoms in total. The van der Waals surface area contributed by atoms with Crippen molar-refractivity contribution in [1.29, 1.82) is 0 Å². The van der Waals surface area contributed by atoms with Crippen LogP contribution in [0.3, 0.4) is 0 Å². The maximum Gasteiger partial charge on any atom is 0.291 e. The second-order valence-electron chi connectivity index (χ2n) is 4.64. The first-order valence-electron chi connectivity index (χ1n) is 5.37. The number of aliphatic hydroxyl groups is 1. The number of hydrogen-bond donors (Lipinski definition) is 2. The third kappa shape index (κ3) is 10.1. The summed E-state index contributed by atoms with van der Waals surface area (Å²) >= 11 is 0. The first-order valence-corrected chi connectivity index (χ1v) is 6.88. The minimum Gasteiger partial charge on any atom is -0.375 e. The summed E-state index contributed by atoms with van der Waals surface area (Å²) in [6.07, 6.45) is 3.12. The fourth-order valence-corrected chi connectivity index (χ4v) is 2.03. The molecular formula is C10H22NaO4S. The monoisotopic (exact) mass is 261 g/mol. The van der Waals surface area contributed by atoms with Gasteiger partial charge in [0.05, 0.1) is 0 Å². The van der Waals surface area contributed by atoms with Gasteiger partial charge in [-0.2, -0.15) is 8.42 Å². The molecule has 0 amide bonds. The molecule has 0 bridgehead atoms. The van der Waals surface area contributed by atoms with Crippen LogP contribution in [0.15, 0.2) is 0 Å². The molecule has 0 saturated heterocycles. The van der Waals surface area contributed by atoms with Crippen molar-refractivity contribution in [2.24, 2.45) is 11.8 Å². The zero-order chi connectivity index (χ0) is 12.1. The van der Waals surface area contributed by atoms with Crippen molar-refractivity contribution in [3.05, 3.63) is 0 Å². The Labute approximate surface area is 121 Å². The van der Waals surface area contributed by atoms with E-state index < -0.39 is 15.6 Å². The average Bonchev–Trinajstić information content (AvgIpc) is 2.01. The number of rotatable bonds is 7. The van der Waals surface area contributed by atoms with E-state index in [0.29, 0.717) is 5.92 Å². The van der Waals surface area contributed by atoms with E-state index in [-0.39, 0.29) is 41.9 Å². The Hall–Kier alpha value is 0.870. The van der Waals surface area contributed by atoms with Crippen molar-refractivity contribution in [2.75, 3.05) is 0 Å². The van der Waals surface area contributed by atoms with Gasteiger partial charge in [-0.15, -0.1) is 0 Å². The molecule has 0 rings (SSSR count). The molecular weight excluding hydrogens is 239 g/mol. The Bertz CT molecular complexity index is 264. The van der Waals surface area contributed by atoms with E-state index in [1.807, 2.05) is 6.92 Å². The van der Waals surface area contributed by atoms with E-state index in [1.54, 1.807) is 0 Å². The van der Waals surface area contributed by atoms with Gasteiger partial charge in [-0.05, 0) is 18.3 Å². The normalized spacial score (nSPS) is 15.6. The van der Waals surface area contributed by atoms with Crippen LogP contribution in [0, 0.1) is 11.8 Å². The minimum absolute atomic E-state index is 0. The molecule has 0 saturated carbocycles. The largest absolute Gasteiger partial charge is 0.375 e. The van der Waals surface area contributed by atoms with Gasteiger partial charge in [0.25, 0.3) is 10.1 Å². The first-order chi connectivity index (χ1) is 6.73. The fraction of sp³-hybridized carbons (Fsp3) is 1.00. The summed E-state index contributed by atoms with van der Waals surface area (Å²) in [7, 11) is -4.28. The van der Waals surface area contributed by atoms with E-state index in [0.717, 1.165) is 19.3 Å². The Morgan fingerprint density at radius 1 is 1.12 bits per heavy atom. The molecule has 0 fully saturated rings. The summed E-state index contributed by atoms with van der Waals surface area (Å²) in [4.78, 5) is 0. The smallest absolute Gasteiger partial charge is 0.291 e. The fourth-order valence-electron chi connectivity index (χ4n) is 1.46. The van der Waals surface area contributed by atoms with Crippen LogP contribution >= 0.6 is 0 Å². The number of aliphatic hydroxyl groups excluding tert-OH is 1. The predicted octanol–water partition coefficient (Wildman–Crippen LogP) is 1.66. The van der Waals surface area contributed by atoms with E-state index in [1.165, 1.54) is 0 Å². The summed E-state index contributed by atoms with van der Waals surface area (Å²) in [5.74, 6) is 0.754. The molecule has 2 N–H and O–H groups in total. The Kier molecular flexibility index (Phi) is 10.7. The summed E-state index contributed by atoms with van der Waals surface area (Å²) in [5.41, 5.74) is -1.63. The van der Waals surface area contributed by atoms with Crippen LogP contribution in [0.1, 0.15) is 46.5 Å². The quantitative estimate of drug-likeness (QED) is 0.540. The van der Waals surface area contributed by atoms with E-state index in [2.05, 4.69) is 13.8 Å². The molecule has 1 radical (unpaired) electrons. The van der Waals surface area contributed by atoms with Gasteiger partial charge in [0.2, 0.25) is 0 Å². The minimum atomic E-state index is -4.28. The van der Waals surface area contributed by atoms with Crippen LogP contribution < -0.4 is 0 Å². The predicted molar refractivity (Wildman–Crippen MR) is 65.8 cm³/mol. The van der Waals surface area contributed by atoms with Crippen LogP contribution in [0.4, 0.5) is 0 Å². The van der Waals surface area contributed by atoms with Crippen molar-refractivity contribution in [3.63, 3.8) is 0 Å². The van der Waals surface area contributed by atoms with Gasteiger partial charge in [-0.1, -0.05) is 40.0 Å². The second kappa shape index (κ2) is 8.89. The molecule has 6 heteroatoms. The Balaban J connectivity index is 0. The summed E-state index contributed by atoms with van der Waals surface area (Å²) < 4.78 is 29.7. The summed E-state index contributed by atoms with van der Waals surface area (Å²) in [6, 6.07) is 0. The summed E-state index contributed by atoms with van der Waals surface area (Å²) in [5, 5.41) is 9.13. The van der Waals surface area contributed by atoms with Gasteiger partial charge >= 0.3 is 0 Å². The van der Waals surface area contributed by atoms with Crippen molar-refractivity contribution < 1.29 is 18.1 Å². The van der Waals surface area contributed by atoms with Crippen molar-refractivity contribution in [2.45, 2.75) is 51.9 Å². The van der Waals surface area contributed by atoms with Crippen LogP contribution in [0.25, 0.3) is 0 Å². The molecule has 0 aliphatic rings. The maximum atomic E-state index is 10.6. The Morgan fingerprint density at radius 3 is 2.00 bits per heavy atom. The molecule has 0 aromatic carbocycles. The average molecular weight is 261 g/mol. The zero-order valence-corrected chi connectivity index (χ0v) is 13.5. The third-order valence-electron chi connectivity index (χ3n) is 2.43. The molecule has 0 heterocycles. The van der Waals surface area contributed by atoms with Crippen molar-refractivity contribution in [1.82, 2.24) is 0 Å². The molecule has 2 atom stereocenters. The molecule has 0 aliphatic carbocycles. The van der Waals surface area contributed by atoms with Gasteiger partial charge in [-0.3, -0.25) is 4.55 Å². The molecule has 0 aliphatic heterocycles. The van der Waals surface area contributed by atoms with Crippen LogP contribution in [0.2, 0.25) is 0 Å². The van der Waals surface area contributed by atoms with Crippen molar-refractivity contribution >= 4 is 39.7 Å². The van der Waals surface area contributed by atoms with Crippen LogP contribution in [0.5, 0.6) is 0 Å². The van der Waals surface area contributed by atoms with E-state index >= 15 is 0 Å². The SMILES string of the molecule is CC(C)CCCC(C)CC(O)S(=O)(=O)O.[Na]. The van der Waals surface area contributed by atoms with Crippen molar-refractivity contribution in [3.8, 4) is 0 Å². The van der Waals surface area contributed by atoms with Gasteiger partial charge in [-0.25, -0.2) is 0 Å². The molecule has 93 valence electrons. The molecule has 2 unspecified atom stereocenters. The molecule has 0 aromatic heterocycles. The topological polar surface area (TPSA) is 74.6 Å². The van der Waals surface area contributed by atoms with Crippen LogP contribution in [-0.4, -0.2) is 53.1 Å². The van der Waals surface area contributed by atoms with E-state index in [4.69, 9.17) is 9.66 Å². The second-order valence-corrected chi connectivity index (χ2v) is 6.21. The standard InChI is InChI=1S/C10H22O4S.Na/c1-8(2)5-4-6-9(3)7-10(11)15(12,13)14;/h8-11H,4-7H2,1-3H3,(H,12,13,14);. The van der Waals surface area contributed by atoms with Crippen LogP contribution in [-0.2, 0) is 10.1 Å². The maximum absolute atomic E-state index is 10.6. The molecule has 16 heavy (non-hydrogen) atoms. The van der Waals surface area contributed by atoms with Gasteiger partial charge in [0.15, 0.2) is 5.44 Å². The van der Waals surface area contributed by atoms with Gasteiger partial charge < -0.3 is 5.11 Å². The third-order valence-corrected chi connectivity index (χ3v) is 3.31. The summed E-state index contributed by atoms with van der Waals surface area (Å²) in [6.45, 7) is 6.16. The number of hydrogen-bond acceptors (Lipinski definition) is 3. The van der Waals surface area contributed by atoms with Gasteiger partial charge in [0, 0.05) is 29.6 Å². The molecule has 0 aromatic rings. The Morgan fingerprint density at radius 2 is 1.62 bits per heavy atom. The zero-order valence-electron chi connectivity index (χ0n) is 10.7.